The number of rotatable bonds is 14. The van der Waals surface area contributed by atoms with E-state index in [1.165, 1.54) is 60.7 Å². The number of ketones is 2. The molecule has 0 unspecified atom stereocenters. The van der Waals surface area contributed by atoms with Crippen LogP contribution in [-0.2, 0) is 9.59 Å². The second-order valence-electron chi connectivity index (χ2n) is 14.4. The molecule has 0 aliphatic rings. The van der Waals surface area contributed by atoms with Crippen LogP contribution in [0.2, 0.25) is 0 Å². The monoisotopic (exact) mass is 688 g/mol. The molecule has 264 valence electrons. The first-order valence-corrected chi connectivity index (χ1v) is 16.6. The summed E-state index contributed by atoms with van der Waals surface area (Å²) in [6.07, 6.45) is 5.55. The zero-order valence-electron chi connectivity index (χ0n) is 29.9. The fraction of sp³-hybridized carbons (Fsp3) is 0.256. The van der Waals surface area contributed by atoms with E-state index in [2.05, 4.69) is 41.5 Å². The molecule has 4 aromatic carbocycles. The molecule has 8 nitrogen and oxygen atoms in total. The van der Waals surface area contributed by atoms with Crippen LogP contribution in [0.4, 0.5) is 0 Å². The SMILES string of the molecule is CC(C)(C)COc1ccc(/C=C/C(=O)Oc2ccc(C(=O)CC(=O)c3ccc(OC(=O)/C=C/c4ccc(OCC(C)(C)C)cc4)cc3)cc2)cc1. The van der Waals surface area contributed by atoms with Gasteiger partial charge in [-0.3, -0.25) is 9.59 Å². The van der Waals surface area contributed by atoms with Crippen molar-refractivity contribution >= 4 is 35.7 Å². The van der Waals surface area contributed by atoms with Gasteiger partial charge in [-0.1, -0.05) is 65.8 Å². The number of esters is 2. The van der Waals surface area contributed by atoms with E-state index < -0.39 is 11.9 Å². The predicted octanol–water partition coefficient (Wildman–Crippen LogP) is 9.23. The van der Waals surface area contributed by atoms with Crippen LogP contribution in [0.1, 0.15) is 79.8 Å². The molecule has 0 atom stereocenters. The van der Waals surface area contributed by atoms with Crippen LogP contribution in [0, 0.1) is 10.8 Å². The smallest absolute Gasteiger partial charge is 0.336 e. The van der Waals surface area contributed by atoms with Crippen LogP contribution < -0.4 is 18.9 Å². The Labute approximate surface area is 299 Å². The lowest BCUT2D eigenvalue weighted by atomic mass is 9.99. The van der Waals surface area contributed by atoms with Crippen LogP contribution in [0.5, 0.6) is 23.0 Å². The summed E-state index contributed by atoms with van der Waals surface area (Å²) in [7, 11) is 0. The Morgan fingerprint density at radius 2 is 0.784 bits per heavy atom. The molecule has 0 heterocycles. The van der Waals surface area contributed by atoms with Crippen molar-refractivity contribution in [3.05, 3.63) is 131 Å². The molecule has 0 saturated heterocycles. The van der Waals surface area contributed by atoms with Crippen LogP contribution in [0.25, 0.3) is 12.2 Å². The molecule has 0 bridgehead atoms. The Kier molecular flexibility index (Phi) is 12.9. The second kappa shape index (κ2) is 17.3. The van der Waals surface area contributed by atoms with Crippen molar-refractivity contribution in [2.75, 3.05) is 13.2 Å². The van der Waals surface area contributed by atoms with Gasteiger partial charge in [-0.2, -0.15) is 0 Å². The number of carbonyl (C=O) groups is 4. The summed E-state index contributed by atoms with van der Waals surface area (Å²) in [6, 6.07) is 26.8. The van der Waals surface area contributed by atoms with Gasteiger partial charge in [-0.15, -0.1) is 0 Å². The van der Waals surface area contributed by atoms with Crippen LogP contribution in [0.3, 0.4) is 0 Å². The first kappa shape index (κ1) is 38.0. The van der Waals surface area contributed by atoms with Gasteiger partial charge in [0.2, 0.25) is 0 Å². The van der Waals surface area contributed by atoms with Gasteiger partial charge in [0.15, 0.2) is 11.6 Å². The Balaban J connectivity index is 1.21. The zero-order chi connectivity index (χ0) is 37.0. The van der Waals surface area contributed by atoms with E-state index in [-0.39, 0.29) is 40.3 Å². The molecule has 8 heteroatoms. The number of hydrogen-bond acceptors (Lipinski definition) is 8. The van der Waals surface area contributed by atoms with Crippen molar-refractivity contribution in [2.45, 2.75) is 48.0 Å². The predicted molar refractivity (Wildman–Crippen MR) is 198 cm³/mol. The molecule has 4 aromatic rings. The molecule has 0 saturated carbocycles. The minimum absolute atomic E-state index is 0.0517. The first-order chi connectivity index (χ1) is 24.1. The lowest BCUT2D eigenvalue weighted by Gasteiger charge is -2.18. The van der Waals surface area contributed by atoms with Gasteiger partial charge in [0, 0.05) is 23.3 Å². The molecule has 51 heavy (non-hydrogen) atoms. The summed E-state index contributed by atoms with van der Waals surface area (Å²) in [5, 5.41) is 0. The molecule has 0 fully saturated rings. The molecule has 0 radical (unpaired) electrons. The summed E-state index contributed by atoms with van der Waals surface area (Å²) >= 11 is 0. The largest absolute Gasteiger partial charge is 0.493 e. The van der Waals surface area contributed by atoms with Crippen molar-refractivity contribution in [3.63, 3.8) is 0 Å². The molecular weight excluding hydrogens is 644 g/mol. The highest BCUT2D eigenvalue weighted by atomic mass is 16.5. The van der Waals surface area contributed by atoms with E-state index in [4.69, 9.17) is 18.9 Å². The maximum Gasteiger partial charge on any atom is 0.336 e. The summed E-state index contributed by atoms with van der Waals surface area (Å²) < 4.78 is 22.2. The normalized spacial score (nSPS) is 11.7. The van der Waals surface area contributed by atoms with Crippen molar-refractivity contribution in [3.8, 4) is 23.0 Å². The van der Waals surface area contributed by atoms with E-state index in [1.54, 1.807) is 12.2 Å². The van der Waals surface area contributed by atoms with Gasteiger partial charge in [0.25, 0.3) is 0 Å². The summed E-state index contributed by atoms with van der Waals surface area (Å²) in [6.45, 7) is 13.8. The van der Waals surface area contributed by atoms with Gasteiger partial charge >= 0.3 is 11.9 Å². The molecule has 0 amide bonds. The Morgan fingerprint density at radius 1 is 0.471 bits per heavy atom. The third-order valence-electron chi connectivity index (χ3n) is 7.04. The van der Waals surface area contributed by atoms with E-state index in [0.717, 1.165) is 22.6 Å². The summed E-state index contributed by atoms with van der Waals surface area (Å²) in [4.78, 5) is 50.3. The maximum atomic E-state index is 12.8. The third-order valence-corrected chi connectivity index (χ3v) is 7.04. The summed E-state index contributed by atoms with van der Waals surface area (Å²) in [5.41, 5.74) is 2.33. The van der Waals surface area contributed by atoms with E-state index >= 15 is 0 Å². The lowest BCUT2D eigenvalue weighted by Crippen LogP contribution is -2.16. The molecule has 0 aliphatic heterocycles. The quantitative estimate of drug-likeness (QED) is 0.0425. The van der Waals surface area contributed by atoms with Gasteiger partial charge in [-0.05, 0) is 107 Å². The standard InChI is InChI=1S/C43H44O8/c1-42(2,3)28-48-34-17-7-30(8-18-34)11-25-40(46)50-36-21-13-32(14-22-36)38(44)27-39(45)33-15-23-37(24-16-33)51-41(47)26-12-31-9-19-35(20-10-31)49-29-43(4,5)6/h7-26H,27-29H2,1-6H3/b25-11+,26-12+. The van der Waals surface area contributed by atoms with Gasteiger partial charge in [0.1, 0.15) is 23.0 Å². The highest BCUT2D eigenvalue weighted by Gasteiger charge is 2.15. The third kappa shape index (κ3) is 13.6. The van der Waals surface area contributed by atoms with Gasteiger partial charge in [-0.25, -0.2) is 9.59 Å². The minimum atomic E-state index is -0.574. The summed E-state index contributed by atoms with van der Waals surface area (Å²) in [5.74, 6) is 0.105. The second-order valence-corrected chi connectivity index (χ2v) is 14.4. The average Bonchev–Trinajstić information content (AvgIpc) is 3.09. The number of benzene rings is 4. The maximum absolute atomic E-state index is 12.8. The topological polar surface area (TPSA) is 105 Å². The van der Waals surface area contributed by atoms with E-state index in [9.17, 15) is 19.2 Å². The van der Waals surface area contributed by atoms with Crippen molar-refractivity contribution in [2.24, 2.45) is 10.8 Å². The van der Waals surface area contributed by atoms with E-state index in [1.807, 2.05) is 48.5 Å². The van der Waals surface area contributed by atoms with Crippen LogP contribution in [0.15, 0.2) is 109 Å². The molecule has 0 N–H and O–H groups in total. The molecule has 4 rings (SSSR count). The number of Topliss-reactive ketones (excluding diaryl/α,β-unsaturated/α-hetero) is 2. The average molecular weight is 689 g/mol. The molecule has 0 aromatic heterocycles. The van der Waals surface area contributed by atoms with Crippen LogP contribution in [-0.4, -0.2) is 36.7 Å². The lowest BCUT2D eigenvalue weighted by molar-refractivity contribution is -0.129. The number of ether oxygens (including phenoxy) is 4. The van der Waals surface area contributed by atoms with Crippen molar-refractivity contribution in [1.29, 1.82) is 0 Å². The Morgan fingerprint density at radius 3 is 1.10 bits per heavy atom. The van der Waals surface area contributed by atoms with E-state index in [0.29, 0.717) is 24.3 Å². The first-order valence-electron chi connectivity index (χ1n) is 16.6. The number of carbonyl (C=O) groups excluding carboxylic acids is 4. The number of hydrogen-bond donors (Lipinski definition) is 0. The zero-order valence-corrected chi connectivity index (χ0v) is 29.9. The molecule has 0 spiro atoms. The van der Waals surface area contributed by atoms with Crippen LogP contribution >= 0.6 is 0 Å². The fourth-order valence-corrected chi connectivity index (χ4v) is 4.35. The van der Waals surface area contributed by atoms with Gasteiger partial charge in [0.05, 0.1) is 19.6 Å². The van der Waals surface area contributed by atoms with Crippen molar-refractivity contribution < 1.29 is 38.1 Å². The fourth-order valence-electron chi connectivity index (χ4n) is 4.35. The Hall–Kier alpha value is -5.76. The minimum Gasteiger partial charge on any atom is -0.493 e. The Bertz CT molecular complexity index is 1710. The highest BCUT2D eigenvalue weighted by Crippen LogP contribution is 2.21. The van der Waals surface area contributed by atoms with Gasteiger partial charge < -0.3 is 18.9 Å². The highest BCUT2D eigenvalue weighted by molar-refractivity contribution is 6.13. The molecule has 0 aliphatic carbocycles. The van der Waals surface area contributed by atoms with Crippen molar-refractivity contribution in [1.82, 2.24) is 0 Å². The molecular formula is C43H44O8.